The van der Waals surface area contributed by atoms with Crippen molar-refractivity contribution in [3.8, 4) is 0 Å². The highest BCUT2D eigenvalue weighted by Gasteiger charge is 1.99. The van der Waals surface area contributed by atoms with E-state index in [9.17, 15) is 0 Å². The molecule has 1 heteroatoms. The maximum Gasteiger partial charge on any atom is 0.00289 e. The van der Waals surface area contributed by atoms with Gasteiger partial charge in [0.2, 0.25) is 0 Å². The van der Waals surface area contributed by atoms with Crippen LogP contribution in [0.1, 0.15) is 31.9 Å². The van der Waals surface area contributed by atoms with Gasteiger partial charge in [0.15, 0.2) is 0 Å². The van der Waals surface area contributed by atoms with Crippen molar-refractivity contribution in [3.63, 3.8) is 0 Å². The molecule has 0 saturated heterocycles. The highest BCUT2D eigenvalue weighted by atomic mass is 32.1. The van der Waals surface area contributed by atoms with Gasteiger partial charge < -0.3 is 0 Å². The van der Waals surface area contributed by atoms with Gasteiger partial charge in [0, 0.05) is 5.25 Å². The number of hydrogen-bond acceptors (Lipinski definition) is 1. The Labute approximate surface area is 87.8 Å². The van der Waals surface area contributed by atoms with E-state index in [1.54, 1.807) is 0 Å². The second-order valence-electron chi connectivity index (χ2n) is 2.98. The minimum atomic E-state index is 0.455. The third-order valence-electron chi connectivity index (χ3n) is 1.78. The molecule has 1 rings (SSSR count). The van der Waals surface area contributed by atoms with Gasteiger partial charge in [0.1, 0.15) is 0 Å². The van der Waals surface area contributed by atoms with Crippen LogP contribution in [-0.2, 0) is 6.42 Å². The van der Waals surface area contributed by atoms with E-state index < -0.39 is 0 Å². The predicted molar refractivity (Wildman–Crippen MR) is 64.7 cm³/mol. The van der Waals surface area contributed by atoms with Gasteiger partial charge in [-0.3, -0.25) is 0 Å². The van der Waals surface area contributed by atoms with E-state index >= 15 is 0 Å². The Morgan fingerprint density at radius 1 is 1.23 bits per heavy atom. The van der Waals surface area contributed by atoms with Crippen molar-refractivity contribution in [2.24, 2.45) is 0 Å². The first-order valence-corrected chi connectivity index (χ1v) is 5.44. The number of hydrogen-bond donors (Lipinski definition) is 1. The Bertz CT molecular complexity index is 228. The fraction of sp³-hybridized carbons (Fsp3) is 0.500. The average molecular weight is 196 g/mol. The molecule has 0 fully saturated rings. The molecule has 0 radical (unpaired) electrons. The third kappa shape index (κ3) is 4.99. The molecule has 1 atom stereocenters. The SMILES string of the molecule is CC.Cc1ccccc1CC(C)S. The minimum Gasteiger partial charge on any atom is -0.176 e. The van der Waals surface area contributed by atoms with Crippen LogP contribution in [0.2, 0.25) is 0 Å². The summed E-state index contributed by atoms with van der Waals surface area (Å²) in [6.45, 7) is 8.26. The Morgan fingerprint density at radius 2 is 1.77 bits per heavy atom. The maximum atomic E-state index is 4.36. The van der Waals surface area contributed by atoms with Gasteiger partial charge in [-0.05, 0) is 24.5 Å². The molecule has 74 valence electrons. The van der Waals surface area contributed by atoms with E-state index in [4.69, 9.17) is 0 Å². The molecule has 0 aromatic heterocycles. The maximum absolute atomic E-state index is 4.36. The fourth-order valence-electron chi connectivity index (χ4n) is 1.16. The quantitative estimate of drug-likeness (QED) is 0.682. The van der Waals surface area contributed by atoms with E-state index in [1.165, 1.54) is 11.1 Å². The van der Waals surface area contributed by atoms with Crippen LogP contribution >= 0.6 is 12.6 Å². The summed E-state index contributed by atoms with van der Waals surface area (Å²) in [4.78, 5) is 0. The monoisotopic (exact) mass is 196 g/mol. The van der Waals surface area contributed by atoms with Gasteiger partial charge in [0.05, 0.1) is 0 Å². The zero-order valence-electron chi connectivity index (χ0n) is 9.04. The van der Waals surface area contributed by atoms with Gasteiger partial charge >= 0.3 is 0 Å². The molecule has 0 saturated carbocycles. The highest BCUT2D eigenvalue weighted by molar-refractivity contribution is 7.80. The molecule has 1 aromatic carbocycles. The normalized spacial score (nSPS) is 11.5. The first-order valence-electron chi connectivity index (χ1n) is 4.92. The average Bonchev–Trinajstić information content (AvgIpc) is 2.12. The Morgan fingerprint density at radius 3 is 2.23 bits per heavy atom. The summed E-state index contributed by atoms with van der Waals surface area (Å²) in [5.74, 6) is 0. The van der Waals surface area contributed by atoms with Crippen LogP contribution in [0.3, 0.4) is 0 Å². The van der Waals surface area contributed by atoms with Crippen LogP contribution in [0.15, 0.2) is 24.3 Å². The van der Waals surface area contributed by atoms with Crippen molar-refractivity contribution in [1.29, 1.82) is 0 Å². The molecule has 0 spiro atoms. The zero-order valence-corrected chi connectivity index (χ0v) is 9.94. The summed E-state index contributed by atoms with van der Waals surface area (Å²) >= 11 is 4.36. The van der Waals surface area contributed by atoms with Gasteiger partial charge in [-0.25, -0.2) is 0 Å². The van der Waals surface area contributed by atoms with Crippen molar-refractivity contribution < 1.29 is 0 Å². The van der Waals surface area contributed by atoms with Gasteiger partial charge in [-0.1, -0.05) is 45.0 Å². The van der Waals surface area contributed by atoms with Crippen LogP contribution in [0, 0.1) is 6.92 Å². The lowest BCUT2D eigenvalue weighted by molar-refractivity contribution is 0.940. The summed E-state index contributed by atoms with van der Waals surface area (Å²) in [5, 5.41) is 0.455. The lowest BCUT2D eigenvalue weighted by atomic mass is 10.0. The van der Waals surface area contributed by atoms with Crippen molar-refractivity contribution in [3.05, 3.63) is 35.4 Å². The molecule has 0 N–H and O–H groups in total. The van der Waals surface area contributed by atoms with Crippen LogP contribution in [-0.4, -0.2) is 5.25 Å². The second-order valence-corrected chi connectivity index (χ2v) is 3.86. The molecule has 13 heavy (non-hydrogen) atoms. The molecule has 0 aliphatic heterocycles. The summed E-state index contributed by atoms with van der Waals surface area (Å²) in [7, 11) is 0. The lowest BCUT2D eigenvalue weighted by Gasteiger charge is -2.06. The lowest BCUT2D eigenvalue weighted by Crippen LogP contribution is -1.98. The third-order valence-corrected chi connectivity index (χ3v) is 1.96. The van der Waals surface area contributed by atoms with E-state index in [2.05, 4.69) is 50.7 Å². The highest BCUT2D eigenvalue weighted by Crippen LogP contribution is 2.11. The van der Waals surface area contributed by atoms with E-state index in [1.807, 2.05) is 13.8 Å². The van der Waals surface area contributed by atoms with Crippen molar-refractivity contribution in [2.45, 2.75) is 39.4 Å². The van der Waals surface area contributed by atoms with E-state index in [0.29, 0.717) is 5.25 Å². The van der Waals surface area contributed by atoms with Crippen LogP contribution < -0.4 is 0 Å². The van der Waals surface area contributed by atoms with Crippen LogP contribution in [0.5, 0.6) is 0 Å². The molecular weight excluding hydrogens is 176 g/mol. The number of rotatable bonds is 2. The molecule has 0 amide bonds. The van der Waals surface area contributed by atoms with Gasteiger partial charge in [-0.2, -0.15) is 12.6 Å². The number of thiol groups is 1. The summed E-state index contributed by atoms with van der Waals surface area (Å²) < 4.78 is 0. The van der Waals surface area contributed by atoms with E-state index in [0.717, 1.165) is 6.42 Å². The predicted octanol–water partition coefficient (Wildman–Crippen LogP) is 3.88. The smallest absolute Gasteiger partial charge is 0.00289 e. The van der Waals surface area contributed by atoms with Crippen molar-refractivity contribution in [2.75, 3.05) is 0 Å². The largest absolute Gasteiger partial charge is 0.176 e. The molecule has 0 heterocycles. The summed E-state index contributed by atoms with van der Waals surface area (Å²) in [6, 6.07) is 8.47. The van der Waals surface area contributed by atoms with Gasteiger partial charge in [-0.15, -0.1) is 0 Å². The van der Waals surface area contributed by atoms with Gasteiger partial charge in [0.25, 0.3) is 0 Å². The molecule has 0 aliphatic carbocycles. The summed E-state index contributed by atoms with van der Waals surface area (Å²) in [6.07, 6.45) is 1.07. The molecule has 1 aromatic rings. The van der Waals surface area contributed by atoms with Crippen LogP contribution in [0.4, 0.5) is 0 Å². The first kappa shape index (κ1) is 12.6. The number of benzene rings is 1. The molecule has 0 aliphatic rings. The standard InChI is InChI=1S/C10H14S.C2H6/c1-8-5-3-4-6-10(8)7-9(2)11;1-2/h3-6,9,11H,7H2,1-2H3;1-2H3. The minimum absolute atomic E-state index is 0.455. The topological polar surface area (TPSA) is 0 Å². The number of aryl methyl sites for hydroxylation is 1. The fourth-order valence-corrected chi connectivity index (χ4v) is 1.35. The van der Waals surface area contributed by atoms with Crippen molar-refractivity contribution >= 4 is 12.6 Å². The van der Waals surface area contributed by atoms with E-state index in [-0.39, 0.29) is 0 Å². The Kier molecular flexibility index (Phi) is 6.79. The second kappa shape index (κ2) is 7.02. The Balaban J connectivity index is 0.000000671. The Hall–Kier alpha value is -0.430. The van der Waals surface area contributed by atoms with Crippen LogP contribution in [0.25, 0.3) is 0 Å². The first-order chi connectivity index (χ1) is 6.20. The molecule has 0 bridgehead atoms. The molecule has 0 nitrogen and oxygen atoms in total. The molecular formula is C12H20S. The zero-order chi connectivity index (χ0) is 10.3. The van der Waals surface area contributed by atoms with Crippen molar-refractivity contribution in [1.82, 2.24) is 0 Å². The molecule has 1 unspecified atom stereocenters. The summed E-state index contributed by atoms with van der Waals surface area (Å²) in [5.41, 5.74) is 2.78.